The molecule has 9 heteroatoms. The standard InChI is InChI=1S/C17H11BrFN3O4/c18-9-5-6-13(12(19)7-9)20-14(23)8-22-16(24)11-4-2-1-3-10(11)15(21-22)17(25)26/h1-7H,8H2,(H,20,23)(H,25,26)/p-1. The summed E-state index contributed by atoms with van der Waals surface area (Å²) < 4.78 is 15.0. The fraction of sp³-hybridized carbons (Fsp3) is 0.0588. The van der Waals surface area contributed by atoms with Crippen LogP contribution < -0.4 is 16.0 Å². The Morgan fingerprint density at radius 3 is 2.54 bits per heavy atom. The largest absolute Gasteiger partial charge is 0.543 e. The number of fused-ring (bicyclic) bond motifs is 1. The van der Waals surface area contributed by atoms with Crippen molar-refractivity contribution in [2.75, 3.05) is 5.32 Å². The number of carboxylic acids is 1. The molecule has 1 heterocycles. The van der Waals surface area contributed by atoms with Crippen LogP contribution in [0.1, 0.15) is 10.5 Å². The molecule has 3 aromatic rings. The van der Waals surface area contributed by atoms with Gasteiger partial charge in [0.2, 0.25) is 5.91 Å². The van der Waals surface area contributed by atoms with Crippen LogP contribution in [0.5, 0.6) is 0 Å². The summed E-state index contributed by atoms with van der Waals surface area (Å²) in [7, 11) is 0. The van der Waals surface area contributed by atoms with E-state index in [-0.39, 0.29) is 16.5 Å². The Labute approximate surface area is 154 Å². The number of amides is 1. The normalized spacial score (nSPS) is 10.7. The predicted octanol–water partition coefficient (Wildman–Crippen LogP) is 1.30. The van der Waals surface area contributed by atoms with Crippen molar-refractivity contribution in [3.63, 3.8) is 0 Å². The number of rotatable bonds is 4. The molecule has 0 radical (unpaired) electrons. The summed E-state index contributed by atoms with van der Waals surface area (Å²) in [4.78, 5) is 35.9. The maximum atomic E-state index is 13.8. The molecule has 0 aliphatic heterocycles. The first-order chi connectivity index (χ1) is 12.4. The van der Waals surface area contributed by atoms with E-state index in [9.17, 15) is 23.9 Å². The average Bonchev–Trinajstić information content (AvgIpc) is 2.59. The third-order valence-electron chi connectivity index (χ3n) is 3.56. The number of halogens is 2. The molecule has 1 aromatic heterocycles. The molecule has 7 nitrogen and oxygen atoms in total. The van der Waals surface area contributed by atoms with Gasteiger partial charge in [-0.2, -0.15) is 5.10 Å². The van der Waals surface area contributed by atoms with E-state index in [2.05, 4.69) is 26.3 Å². The third-order valence-corrected chi connectivity index (χ3v) is 4.05. The summed E-state index contributed by atoms with van der Waals surface area (Å²) in [6.45, 7) is -0.584. The fourth-order valence-electron chi connectivity index (χ4n) is 2.41. The van der Waals surface area contributed by atoms with Gasteiger partial charge in [-0.25, -0.2) is 9.07 Å². The SMILES string of the molecule is O=C(Cn1nc(C(=O)[O-])c2ccccc2c1=O)Nc1ccc(Br)cc1F. The number of hydrogen-bond donors (Lipinski definition) is 1. The van der Waals surface area contributed by atoms with Gasteiger partial charge < -0.3 is 15.2 Å². The number of benzene rings is 2. The molecule has 0 aliphatic rings. The quantitative estimate of drug-likeness (QED) is 0.687. The molecule has 132 valence electrons. The minimum atomic E-state index is -1.57. The van der Waals surface area contributed by atoms with Crippen LogP contribution in [0.15, 0.2) is 51.7 Å². The molecule has 0 aliphatic carbocycles. The highest BCUT2D eigenvalue weighted by atomic mass is 79.9. The van der Waals surface area contributed by atoms with Crippen LogP contribution in [0.3, 0.4) is 0 Å². The van der Waals surface area contributed by atoms with Crippen molar-refractivity contribution in [2.24, 2.45) is 0 Å². The Bertz CT molecular complexity index is 1100. The lowest BCUT2D eigenvalue weighted by atomic mass is 10.1. The summed E-state index contributed by atoms with van der Waals surface area (Å²) in [6, 6.07) is 10.0. The molecule has 0 fully saturated rings. The van der Waals surface area contributed by atoms with E-state index in [0.29, 0.717) is 9.15 Å². The fourth-order valence-corrected chi connectivity index (χ4v) is 2.74. The number of carboxylic acid groups (broad SMARTS) is 1. The smallest absolute Gasteiger partial charge is 0.275 e. The molecule has 0 spiro atoms. The van der Waals surface area contributed by atoms with Crippen LogP contribution in [0.4, 0.5) is 10.1 Å². The van der Waals surface area contributed by atoms with Crippen LogP contribution >= 0.6 is 15.9 Å². The lowest BCUT2D eigenvalue weighted by molar-refractivity contribution is -0.255. The highest BCUT2D eigenvalue weighted by Gasteiger charge is 2.14. The molecule has 0 unspecified atom stereocenters. The Balaban J connectivity index is 1.95. The number of aromatic carboxylic acids is 1. The maximum Gasteiger partial charge on any atom is 0.275 e. The van der Waals surface area contributed by atoms with Gasteiger partial charge in [0.25, 0.3) is 5.56 Å². The second-order valence-corrected chi connectivity index (χ2v) is 6.23. The lowest BCUT2D eigenvalue weighted by Gasteiger charge is -2.12. The first-order valence-electron chi connectivity index (χ1n) is 7.33. The molecule has 2 aromatic carbocycles. The summed E-state index contributed by atoms with van der Waals surface area (Å²) >= 11 is 3.10. The number of carbonyl (C=O) groups excluding carboxylic acids is 2. The van der Waals surface area contributed by atoms with Crippen LogP contribution in [-0.4, -0.2) is 21.7 Å². The van der Waals surface area contributed by atoms with Crippen molar-refractivity contribution in [1.82, 2.24) is 9.78 Å². The summed E-state index contributed by atoms with van der Waals surface area (Å²) in [5, 5.41) is 17.5. The van der Waals surface area contributed by atoms with Gasteiger partial charge in [0.05, 0.1) is 17.0 Å². The molecule has 1 amide bonds. The molecular weight excluding hydrogens is 409 g/mol. The molecule has 26 heavy (non-hydrogen) atoms. The van der Waals surface area contributed by atoms with Crippen LogP contribution in [0, 0.1) is 5.82 Å². The van der Waals surface area contributed by atoms with Crippen molar-refractivity contribution in [1.29, 1.82) is 0 Å². The molecule has 0 saturated carbocycles. The predicted molar refractivity (Wildman–Crippen MR) is 93.1 cm³/mol. The summed E-state index contributed by atoms with van der Waals surface area (Å²) in [5.74, 6) is -2.98. The minimum absolute atomic E-state index is 0.0767. The van der Waals surface area contributed by atoms with Crippen LogP contribution in [0.25, 0.3) is 10.8 Å². The first kappa shape index (κ1) is 17.7. The highest BCUT2D eigenvalue weighted by Crippen LogP contribution is 2.19. The minimum Gasteiger partial charge on any atom is -0.543 e. The van der Waals surface area contributed by atoms with E-state index >= 15 is 0 Å². The second kappa shape index (κ2) is 7.04. The van der Waals surface area contributed by atoms with Gasteiger partial charge in [0, 0.05) is 9.86 Å². The molecule has 0 saturated heterocycles. The van der Waals surface area contributed by atoms with Gasteiger partial charge in [-0.3, -0.25) is 9.59 Å². The average molecular weight is 419 g/mol. The molecule has 3 rings (SSSR count). The number of nitrogens with zero attached hydrogens (tertiary/aromatic N) is 2. The molecule has 0 atom stereocenters. The zero-order valence-corrected chi connectivity index (χ0v) is 14.6. The third kappa shape index (κ3) is 3.47. The topological polar surface area (TPSA) is 104 Å². The van der Waals surface area contributed by atoms with Gasteiger partial charge in [-0.05, 0) is 24.3 Å². The molecule has 1 N–H and O–H groups in total. The number of aromatic nitrogens is 2. The summed E-state index contributed by atoms with van der Waals surface area (Å²) in [6.07, 6.45) is 0. The van der Waals surface area contributed by atoms with Crippen LogP contribution in [-0.2, 0) is 11.3 Å². The number of nitrogens with one attached hydrogen (secondary N) is 1. The van der Waals surface area contributed by atoms with E-state index in [1.807, 2.05) is 0 Å². The van der Waals surface area contributed by atoms with E-state index in [4.69, 9.17) is 0 Å². The Morgan fingerprint density at radius 2 is 1.88 bits per heavy atom. The summed E-state index contributed by atoms with van der Waals surface area (Å²) in [5.41, 5.74) is -1.17. The van der Waals surface area contributed by atoms with E-state index in [1.165, 1.54) is 30.3 Å². The monoisotopic (exact) mass is 418 g/mol. The van der Waals surface area contributed by atoms with Crippen molar-refractivity contribution < 1.29 is 19.1 Å². The number of carbonyl (C=O) groups is 2. The van der Waals surface area contributed by atoms with Gasteiger partial charge in [0.1, 0.15) is 18.1 Å². The van der Waals surface area contributed by atoms with Crippen molar-refractivity contribution >= 4 is 44.3 Å². The van der Waals surface area contributed by atoms with Gasteiger partial charge in [-0.1, -0.05) is 34.1 Å². The Hall–Kier alpha value is -3.07. The van der Waals surface area contributed by atoms with Crippen molar-refractivity contribution in [3.05, 3.63) is 68.8 Å². The number of hydrogen-bond acceptors (Lipinski definition) is 5. The number of anilines is 1. The van der Waals surface area contributed by atoms with Gasteiger partial charge >= 0.3 is 0 Å². The maximum absolute atomic E-state index is 13.8. The Morgan fingerprint density at radius 1 is 1.19 bits per heavy atom. The highest BCUT2D eigenvalue weighted by molar-refractivity contribution is 9.10. The first-order valence-corrected chi connectivity index (χ1v) is 8.12. The van der Waals surface area contributed by atoms with E-state index in [1.54, 1.807) is 12.1 Å². The van der Waals surface area contributed by atoms with E-state index < -0.39 is 35.5 Å². The van der Waals surface area contributed by atoms with Crippen LogP contribution in [0.2, 0.25) is 0 Å². The van der Waals surface area contributed by atoms with Gasteiger partial charge in [-0.15, -0.1) is 0 Å². The zero-order valence-electron chi connectivity index (χ0n) is 13.0. The molecular formula is C17H10BrFN3O4-. The molecule has 0 bridgehead atoms. The van der Waals surface area contributed by atoms with Crippen molar-refractivity contribution in [3.8, 4) is 0 Å². The Kier molecular flexibility index (Phi) is 4.81. The van der Waals surface area contributed by atoms with Gasteiger partial charge in [0.15, 0.2) is 0 Å². The zero-order chi connectivity index (χ0) is 18.8. The van der Waals surface area contributed by atoms with E-state index in [0.717, 1.165) is 0 Å². The lowest BCUT2D eigenvalue weighted by Crippen LogP contribution is -2.34. The second-order valence-electron chi connectivity index (χ2n) is 5.32. The van der Waals surface area contributed by atoms with Crippen molar-refractivity contribution in [2.45, 2.75) is 6.54 Å².